The van der Waals surface area contributed by atoms with E-state index >= 15 is 0 Å². The van der Waals surface area contributed by atoms with Crippen molar-refractivity contribution in [2.45, 2.75) is 40.3 Å². The standard InChI is InChI=1S/C26H31N3O3/c1-19-8-5-6-9-24(19)32-18-23-17-22(10-12-25(23)31-4)11-13-26(30)27-14-7-15-29-21(3)16-20(2)28-29/h5-6,8-13,16-17H,7,14-15,18H2,1-4H3,(H,27,30)/b13-11+. The summed E-state index contributed by atoms with van der Waals surface area (Å²) in [5.41, 5.74) is 5.06. The monoisotopic (exact) mass is 433 g/mol. The molecule has 32 heavy (non-hydrogen) atoms. The summed E-state index contributed by atoms with van der Waals surface area (Å²) in [7, 11) is 1.64. The molecule has 0 aliphatic heterocycles. The summed E-state index contributed by atoms with van der Waals surface area (Å²) in [5.74, 6) is 1.48. The lowest BCUT2D eigenvalue weighted by Gasteiger charge is -2.12. The summed E-state index contributed by atoms with van der Waals surface area (Å²) in [4.78, 5) is 12.2. The molecule has 3 aromatic rings. The molecule has 0 fully saturated rings. The zero-order valence-corrected chi connectivity index (χ0v) is 19.2. The number of amides is 1. The number of ether oxygens (including phenoxy) is 2. The summed E-state index contributed by atoms with van der Waals surface area (Å²) in [6.07, 6.45) is 4.18. The normalized spacial score (nSPS) is 11.0. The van der Waals surface area contributed by atoms with E-state index in [9.17, 15) is 4.79 Å². The highest BCUT2D eigenvalue weighted by Gasteiger charge is 2.07. The third-order valence-corrected chi connectivity index (χ3v) is 5.16. The summed E-state index contributed by atoms with van der Waals surface area (Å²) >= 11 is 0. The Morgan fingerprint density at radius 1 is 1.09 bits per heavy atom. The molecule has 0 saturated heterocycles. The zero-order valence-electron chi connectivity index (χ0n) is 19.2. The third-order valence-electron chi connectivity index (χ3n) is 5.16. The molecule has 168 valence electrons. The summed E-state index contributed by atoms with van der Waals surface area (Å²) in [5, 5.41) is 7.36. The fourth-order valence-electron chi connectivity index (χ4n) is 3.46. The van der Waals surface area contributed by atoms with Gasteiger partial charge in [0.2, 0.25) is 5.91 Å². The highest BCUT2D eigenvalue weighted by atomic mass is 16.5. The molecular weight excluding hydrogens is 402 g/mol. The Bertz CT molecular complexity index is 1090. The van der Waals surface area contributed by atoms with E-state index in [2.05, 4.69) is 16.5 Å². The predicted octanol–water partition coefficient (Wildman–Crippen LogP) is 4.62. The van der Waals surface area contributed by atoms with Gasteiger partial charge in [-0.15, -0.1) is 0 Å². The van der Waals surface area contributed by atoms with E-state index in [4.69, 9.17) is 9.47 Å². The average Bonchev–Trinajstić information content (AvgIpc) is 3.11. The number of aryl methyl sites for hydroxylation is 4. The van der Waals surface area contributed by atoms with Crippen LogP contribution < -0.4 is 14.8 Å². The summed E-state index contributed by atoms with van der Waals surface area (Å²) in [6, 6.07) is 15.7. The minimum atomic E-state index is -0.119. The number of carbonyl (C=O) groups is 1. The van der Waals surface area contributed by atoms with Gasteiger partial charge in [0.1, 0.15) is 18.1 Å². The number of hydrogen-bond acceptors (Lipinski definition) is 4. The lowest BCUT2D eigenvalue weighted by atomic mass is 10.1. The van der Waals surface area contributed by atoms with Gasteiger partial charge in [-0.1, -0.05) is 24.3 Å². The number of nitrogens with zero attached hydrogens (tertiary/aromatic N) is 2. The van der Waals surface area contributed by atoms with Gasteiger partial charge in [0, 0.05) is 30.4 Å². The van der Waals surface area contributed by atoms with E-state index < -0.39 is 0 Å². The van der Waals surface area contributed by atoms with Gasteiger partial charge < -0.3 is 14.8 Å². The fraction of sp³-hybridized carbons (Fsp3) is 0.308. The molecule has 0 bridgehead atoms. The number of benzene rings is 2. The Balaban J connectivity index is 1.53. The molecule has 3 rings (SSSR count). The fourth-order valence-corrected chi connectivity index (χ4v) is 3.46. The van der Waals surface area contributed by atoms with E-state index in [1.165, 1.54) is 0 Å². The molecule has 0 unspecified atom stereocenters. The smallest absolute Gasteiger partial charge is 0.244 e. The number of hydrogen-bond donors (Lipinski definition) is 1. The quantitative estimate of drug-likeness (QED) is 0.374. The van der Waals surface area contributed by atoms with Crippen molar-refractivity contribution in [3.8, 4) is 11.5 Å². The lowest BCUT2D eigenvalue weighted by molar-refractivity contribution is -0.116. The molecule has 0 aliphatic carbocycles. The van der Waals surface area contributed by atoms with Crippen molar-refractivity contribution in [2.24, 2.45) is 0 Å². The zero-order chi connectivity index (χ0) is 22.9. The van der Waals surface area contributed by atoms with Gasteiger partial charge in [-0.3, -0.25) is 9.48 Å². The van der Waals surface area contributed by atoms with Crippen LogP contribution in [0.2, 0.25) is 0 Å². The van der Waals surface area contributed by atoms with Crippen LogP contribution in [0.3, 0.4) is 0 Å². The van der Waals surface area contributed by atoms with Gasteiger partial charge >= 0.3 is 0 Å². The highest BCUT2D eigenvalue weighted by Crippen LogP contribution is 2.24. The lowest BCUT2D eigenvalue weighted by Crippen LogP contribution is -2.23. The molecule has 6 nitrogen and oxygen atoms in total. The van der Waals surface area contributed by atoms with Crippen molar-refractivity contribution in [1.29, 1.82) is 0 Å². The molecule has 0 atom stereocenters. The first-order chi connectivity index (χ1) is 15.5. The van der Waals surface area contributed by atoms with Crippen LogP contribution in [-0.2, 0) is 17.9 Å². The first-order valence-electron chi connectivity index (χ1n) is 10.8. The van der Waals surface area contributed by atoms with Crippen LogP contribution in [0.15, 0.2) is 54.6 Å². The van der Waals surface area contributed by atoms with E-state index in [1.54, 1.807) is 19.3 Å². The van der Waals surface area contributed by atoms with E-state index in [0.29, 0.717) is 13.2 Å². The summed E-state index contributed by atoms with van der Waals surface area (Å²) < 4.78 is 13.4. The first kappa shape index (κ1) is 23.1. The number of carbonyl (C=O) groups excluding carboxylic acids is 1. The van der Waals surface area contributed by atoms with Gasteiger partial charge in [0.05, 0.1) is 12.8 Å². The molecule has 0 saturated carbocycles. The van der Waals surface area contributed by atoms with Crippen LogP contribution in [0.1, 0.15) is 34.5 Å². The number of methoxy groups -OCH3 is 1. The maximum absolute atomic E-state index is 12.2. The Hall–Kier alpha value is -3.54. The van der Waals surface area contributed by atoms with Crippen molar-refractivity contribution in [3.63, 3.8) is 0 Å². The van der Waals surface area contributed by atoms with Gasteiger partial charge in [-0.25, -0.2) is 0 Å². The number of rotatable bonds is 10. The van der Waals surface area contributed by atoms with Crippen LogP contribution in [-0.4, -0.2) is 29.3 Å². The van der Waals surface area contributed by atoms with Crippen molar-refractivity contribution in [1.82, 2.24) is 15.1 Å². The van der Waals surface area contributed by atoms with Crippen LogP contribution >= 0.6 is 0 Å². The predicted molar refractivity (Wildman–Crippen MR) is 127 cm³/mol. The number of aromatic nitrogens is 2. The van der Waals surface area contributed by atoms with Gasteiger partial charge in [-0.05, 0) is 68.7 Å². The van der Waals surface area contributed by atoms with Gasteiger partial charge in [0.15, 0.2) is 0 Å². The van der Waals surface area contributed by atoms with E-state index in [1.807, 2.05) is 67.9 Å². The van der Waals surface area contributed by atoms with Crippen molar-refractivity contribution in [2.75, 3.05) is 13.7 Å². The molecular formula is C26H31N3O3. The highest BCUT2D eigenvalue weighted by molar-refractivity contribution is 5.91. The van der Waals surface area contributed by atoms with Crippen molar-refractivity contribution in [3.05, 3.63) is 82.7 Å². The topological polar surface area (TPSA) is 65.4 Å². The second kappa shape index (κ2) is 11.2. The Morgan fingerprint density at radius 2 is 1.91 bits per heavy atom. The third kappa shape index (κ3) is 6.48. The van der Waals surface area contributed by atoms with Crippen LogP contribution in [0.5, 0.6) is 11.5 Å². The molecule has 1 aromatic heterocycles. The molecule has 1 N–H and O–H groups in total. The molecule has 2 aromatic carbocycles. The second-order valence-electron chi connectivity index (χ2n) is 7.75. The maximum atomic E-state index is 12.2. The molecule has 6 heteroatoms. The number of para-hydroxylation sites is 1. The molecule has 0 spiro atoms. The van der Waals surface area contributed by atoms with Crippen LogP contribution in [0, 0.1) is 20.8 Å². The molecule has 0 radical (unpaired) electrons. The van der Waals surface area contributed by atoms with Crippen molar-refractivity contribution < 1.29 is 14.3 Å². The molecule has 1 amide bonds. The van der Waals surface area contributed by atoms with Crippen molar-refractivity contribution >= 4 is 12.0 Å². The van der Waals surface area contributed by atoms with Gasteiger partial charge in [-0.2, -0.15) is 5.10 Å². The first-order valence-corrected chi connectivity index (χ1v) is 10.8. The van der Waals surface area contributed by atoms with Crippen LogP contribution in [0.4, 0.5) is 0 Å². The van der Waals surface area contributed by atoms with E-state index in [0.717, 1.165) is 52.5 Å². The minimum Gasteiger partial charge on any atom is -0.496 e. The average molecular weight is 434 g/mol. The Kier molecular flexibility index (Phi) is 8.08. The largest absolute Gasteiger partial charge is 0.496 e. The minimum absolute atomic E-state index is 0.119. The van der Waals surface area contributed by atoms with Gasteiger partial charge in [0.25, 0.3) is 0 Å². The van der Waals surface area contributed by atoms with E-state index in [-0.39, 0.29) is 5.91 Å². The molecule has 1 heterocycles. The number of nitrogens with one attached hydrogen (secondary N) is 1. The second-order valence-corrected chi connectivity index (χ2v) is 7.75. The maximum Gasteiger partial charge on any atom is 0.244 e. The molecule has 0 aliphatic rings. The Morgan fingerprint density at radius 3 is 2.62 bits per heavy atom. The Labute approximate surface area is 189 Å². The SMILES string of the molecule is COc1ccc(/C=C/C(=O)NCCCn2nc(C)cc2C)cc1COc1ccccc1C. The summed E-state index contributed by atoms with van der Waals surface area (Å²) in [6.45, 7) is 7.80. The van der Waals surface area contributed by atoms with Crippen LogP contribution in [0.25, 0.3) is 6.08 Å².